The van der Waals surface area contributed by atoms with Crippen LogP contribution in [0.4, 0.5) is 5.13 Å². The summed E-state index contributed by atoms with van der Waals surface area (Å²) in [6.45, 7) is 12.7. The van der Waals surface area contributed by atoms with E-state index in [9.17, 15) is 0 Å². The molecule has 0 radical (unpaired) electrons. The topological polar surface area (TPSA) is 42.2 Å². The van der Waals surface area contributed by atoms with Crippen molar-refractivity contribution < 1.29 is 0 Å². The van der Waals surface area contributed by atoms with Crippen molar-refractivity contribution >= 4 is 16.5 Å². The van der Waals surface area contributed by atoms with Gasteiger partial charge in [-0.3, -0.25) is 0 Å². The molecule has 0 aliphatic heterocycles. The number of nitrogens with zero attached hydrogens (tertiary/aromatic N) is 2. The van der Waals surface area contributed by atoms with Gasteiger partial charge in [0.25, 0.3) is 0 Å². The van der Waals surface area contributed by atoms with Crippen LogP contribution in [0.15, 0.2) is 0 Å². The Kier molecular flexibility index (Phi) is 5.40. The lowest BCUT2D eigenvalue weighted by molar-refractivity contribution is 0.569. The molecule has 2 N–H and O–H groups in total. The van der Waals surface area contributed by atoms with Gasteiger partial charge in [-0.05, 0) is 26.2 Å². The van der Waals surface area contributed by atoms with Crippen LogP contribution in [0.5, 0.6) is 0 Å². The third-order valence-electron chi connectivity index (χ3n) is 2.72. The first kappa shape index (κ1) is 14.5. The smallest absolute Gasteiger partial charge is 0.186 e. The Morgan fingerprint density at radius 3 is 2.29 bits per heavy atom. The Balaban J connectivity index is 2.97. The summed E-state index contributed by atoms with van der Waals surface area (Å²) in [5.74, 6) is 0.646. The zero-order valence-corrected chi connectivity index (χ0v) is 12.5. The van der Waals surface area contributed by atoms with E-state index in [2.05, 4.69) is 39.5 Å². The highest BCUT2D eigenvalue weighted by atomic mass is 32.1. The minimum Gasteiger partial charge on any atom is -0.345 e. The van der Waals surface area contributed by atoms with Gasteiger partial charge in [0.2, 0.25) is 0 Å². The Morgan fingerprint density at radius 1 is 1.29 bits per heavy atom. The minimum absolute atomic E-state index is 0.485. The molecule has 0 saturated heterocycles. The van der Waals surface area contributed by atoms with Gasteiger partial charge in [0, 0.05) is 24.0 Å². The van der Waals surface area contributed by atoms with E-state index in [1.54, 1.807) is 11.3 Å². The molecule has 0 aromatic carbocycles. The predicted molar refractivity (Wildman–Crippen MR) is 76.7 cm³/mol. The van der Waals surface area contributed by atoms with E-state index in [1.807, 2.05) is 0 Å². The van der Waals surface area contributed by atoms with E-state index in [0.717, 1.165) is 18.1 Å². The zero-order chi connectivity index (χ0) is 13.0. The third kappa shape index (κ3) is 3.68. The second-order valence-electron chi connectivity index (χ2n) is 5.06. The first-order valence-corrected chi connectivity index (χ1v) is 7.26. The van der Waals surface area contributed by atoms with Crippen molar-refractivity contribution in [1.82, 2.24) is 4.98 Å². The van der Waals surface area contributed by atoms with E-state index in [0.29, 0.717) is 18.5 Å². The fourth-order valence-electron chi connectivity index (χ4n) is 1.83. The molecule has 0 spiro atoms. The number of hydrogen-bond donors (Lipinski definition) is 1. The van der Waals surface area contributed by atoms with Gasteiger partial charge in [-0.25, -0.2) is 4.98 Å². The van der Waals surface area contributed by atoms with Gasteiger partial charge in [0.05, 0.1) is 5.69 Å². The Labute approximate surface area is 109 Å². The molecule has 1 aromatic rings. The molecule has 0 bridgehead atoms. The maximum atomic E-state index is 5.77. The SMILES string of the molecule is CCc1nc(N(CC(C)C)C(C)C)sc1CN. The van der Waals surface area contributed by atoms with E-state index in [-0.39, 0.29) is 0 Å². The van der Waals surface area contributed by atoms with Crippen LogP contribution in [0.2, 0.25) is 0 Å². The van der Waals surface area contributed by atoms with Crippen LogP contribution in [-0.4, -0.2) is 17.6 Å². The first-order valence-electron chi connectivity index (χ1n) is 6.44. The fourth-order valence-corrected chi connectivity index (χ4v) is 3.00. The van der Waals surface area contributed by atoms with Gasteiger partial charge in [-0.1, -0.05) is 20.8 Å². The van der Waals surface area contributed by atoms with Crippen LogP contribution < -0.4 is 10.6 Å². The second-order valence-corrected chi connectivity index (χ2v) is 6.13. The van der Waals surface area contributed by atoms with Crippen molar-refractivity contribution in [2.45, 2.75) is 53.6 Å². The van der Waals surface area contributed by atoms with Crippen molar-refractivity contribution in [2.24, 2.45) is 11.7 Å². The molecule has 0 saturated carbocycles. The molecule has 1 rings (SSSR count). The Morgan fingerprint density at radius 2 is 1.94 bits per heavy atom. The zero-order valence-electron chi connectivity index (χ0n) is 11.7. The van der Waals surface area contributed by atoms with Crippen LogP contribution in [0, 0.1) is 5.92 Å². The average molecular weight is 255 g/mol. The van der Waals surface area contributed by atoms with Crippen molar-refractivity contribution in [1.29, 1.82) is 0 Å². The van der Waals surface area contributed by atoms with Gasteiger partial charge < -0.3 is 10.6 Å². The summed E-state index contributed by atoms with van der Waals surface area (Å²) in [5.41, 5.74) is 6.94. The van der Waals surface area contributed by atoms with E-state index < -0.39 is 0 Å². The Bertz CT molecular complexity index is 323. The summed E-state index contributed by atoms with van der Waals surface area (Å²) < 4.78 is 0. The number of aryl methyl sites for hydroxylation is 1. The lowest BCUT2D eigenvalue weighted by atomic mass is 10.2. The van der Waals surface area contributed by atoms with Gasteiger partial charge in [-0.15, -0.1) is 11.3 Å². The van der Waals surface area contributed by atoms with E-state index >= 15 is 0 Å². The van der Waals surface area contributed by atoms with Crippen LogP contribution in [0.1, 0.15) is 45.2 Å². The molecule has 1 heterocycles. The Hall–Kier alpha value is -0.610. The molecule has 0 aliphatic carbocycles. The number of thiazole rings is 1. The number of anilines is 1. The number of aromatic nitrogens is 1. The van der Waals surface area contributed by atoms with Crippen LogP contribution in [0.3, 0.4) is 0 Å². The summed E-state index contributed by atoms with van der Waals surface area (Å²) in [4.78, 5) is 8.35. The summed E-state index contributed by atoms with van der Waals surface area (Å²) in [6, 6.07) is 0.485. The maximum absolute atomic E-state index is 5.77. The predicted octanol–water partition coefficient (Wildman–Crippen LogP) is 3.04. The van der Waals surface area contributed by atoms with Crippen molar-refractivity contribution in [2.75, 3.05) is 11.4 Å². The lowest BCUT2D eigenvalue weighted by Crippen LogP contribution is -2.34. The first-order chi connectivity index (χ1) is 7.99. The van der Waals surface area contributed by atoms with Crippen LogP contribution in [-0.2, 0) is 13.0 Å². The molecule has 0 unspecified atom stereocenters. The molecule has 4 heteroatoms. The molecule has 0 atom stereocenters. The minimum atomic E-state index is 0.485. The maximum Gasteiger partial charge on any atom is 0.186 e. The molecule has 0 aliphatic rings. The lowest BCUT2D eigenvalue weighted by Gasteiger charge is -2.27. The molecular weight excluding hydrogens is 230 g/mol. The van der Waals surface area contributed by atoms with E-state index in [1.165, 1.54) is 10.6 Å². The molecule has 17 heavy (non-hydrogen) atoms. The molecule has 98 valence electrons. The van der Waals surface area contributed by atoms with Crippen LogP contribution >= 0.6 is 11.3 Å². The van der Waals surface area contributed by atoms with Crippen molar-refractivity contribution in [3.05, 3.63) is 10.6 Å². The molecular formula is C13H25N3S. The average Bonchev–Trinajstić information content (AvgIpc) is 2.67. The third-order valence-corrected chi connectivity index (χ3v) is 3.88. The number of hydrogen-bond acceptors (Lipinski definition) is 4. The second kappa shape index (κ2) is 6.36. The monoisotopic (exact) mass is 255 g/mol. The molecule has 0 amide bonds. The highest BCUT2D eigenvalue weighted by molar-refractivity contribution is 7.15. The normalized spacial score (nSPS) is 11.5. The molecule has 3 nitrogen and oxygen atoms in total. The van der Waals surface area contributed by atoms with Crippen molar-refractivity contribution in [3.8, 4) is 0 Å². The number of rotatable bonds is 6. The van der Waals surface area contributed by atoms with Gasteiger partial charge >= 0.3 is 0 Å². The fraction of sp³-hybridized carbons (Fsp3) is 0.769. The summed E-state index contributed by atoms with van der Waals surface area (Å²) in [5, 5.41) is 1.13. The van der Waals surface area contributed by atoms with Crippen LogP contribution in [0.25, 0.3) is 0 Å². The summed E-state index contributed by atoms with van der Waals surface area (Å²) >= 11 is 1.75. The van der Waals surface area contributed by atoms with Gasteiger partial charge in [0.15, 0.2) is 5.13 Å². The van der Waals surface area contributed by atoms with E-state index in [4.69, 9.17) is 10.7 Å². The van der Waals surface area contributed by atoms with Gasteiger partial charge in [-0.2, -0.15) is 0 Å². The standard InChI is InChI=1S/C13H25N3S/c1-6-11-12(7-14)17-13(15-11)16(10(4)5)8-9(2)3/h9-10H,6-8,14H2,1-5H3. The highest BCUT2D eigenvalue weighted by Crippen LogP contribution is 2.28. The molecule has 0 fully saturated rings. The van der Waals surface area contributed by atoms with Gasteiger partial charge in [0.1, 0.15) is 0 Å². The molecule has 1 aromatic heterocycles. The number of nitrogens with two attached hydrogens (primary N) is 1. The highest BCUT2D eigenvalue weighted by Gasteiger charge is 2.18. The summed E-state index contributed by atoms with van der Waals surface area (Å²) in [7, 11) is 0. The summed E-state index contributed by atoms with van der Waals surface area (Å²) in [6.07, 6.45) is 0.969. The quantitative estimate of drug-likeness (QED) is 0.849. The largest absolute Gasteiger partial charge is 0.345 e. The van der Waals surface area contributed by atoms with Crippen molar-refractivity contribution in [3.63, 3.8) is 0 Å².